The molecule has 3 N–H and O–H groups in total. The molecule has 2 aliphatic rings. The molecule has 0 saturated heterocycles. The summed E-state index contributed by atoms with van der Waals surface area (Å²) in [5.74, 6) is 0.0353. The van der Waals surface area contributed by atoms with Crippen molar-refractivity contribution in [3.05, 3.63) is 53.3 Å². The van der Waals surface area contributed by atoms with Crippen molar-refractivity contribution in [2.75, 3.05) is 6.54 Å². The van der Waals surface area contributed by atoms with Crippen LogP contribution in [0.25, 0.3) is 0 Å². The van der Waals surface area contributed by atoms with E-state index in [-0.39, 0.29) is 18.0 Å². The van der Waals surface area contributed by atoms with Gasteiger partial charge in [0.15, 0.2) is 0 Å². The maximum atomic E-state index is 12.5. The van der Waals surface area contributed by atoms with Gasteiger partial charge in [-0.25, -0.2) is 4.79 Å². The van der Waals surface area contributed by atoms with Gasteiger partial charge < -0.3 is 16.0 Å². The van der Waals surface area contributed by atoms with E-state index in [1.54, 1.807) is 0 Å². The molecule has 7 heteroatoms. The summed E-state index contributed by atoms with van der Waals surface area (Å²) < 4.78 is 2.07. The Morgan fingerprint density at radius 3 is 2.62 bits per heavy atom. The number of nitrogens with zero attached hydrogens (tertiary/aromatic N) is 2. The van der Waals surface area contributed by atoms with Crippen LogP contribution in [-0.2, 0) is 17.8 Å². The molecule has 0 bridgehead atoms. The predicted octanol–water partition coefficient (Wildman–Crippen LogP) is 3.84. The lowest BCUT2D eigenvalue weighted by Crippen LogP contribution is -2.43. The number of hydrogen-bond acceptors (Lipinski definition) is 3. The fraction of sp³-hybridized carbons (Fsp3) is 0.560. The highest BCUT2D eigenvalue weighted by molar-refractivity contribution is 5.77. The smallest absolute Gasteiger partial charge is 0.315 e. The first-order chi connectivity index (χ1) is 15.7. The summed E-state index contributed by atoms with van der Waals surface area (Å²) in [6.07, 6.45) is 11.7. The molecule has 3 amide bonds. The second-order valence-corrected chi connectivity index (χ2v) is 9.04. The lowest BCUT2D eigenvalue weighted by Gasteiger charge is -2.24. The van der Waals surface area contributed by atoms with E-state index in [1.165, 1.54) is 30.5 Å². The fourth-order valence-electron chi connectivity index (χ4n) is 4.86. The maximum absolute atomic E-state index is 12.5. The number of nitrogens with one attached hydrogen (secondary N) is 3. The van der Waals surface area contributed by atoms with Crippen LogP contribution in [0.4, 0.5) is 4.79 Å². The van der Waals surface area contributed by atoms with E-state index in [1.807, 2.05) is 24.4 Å². The Morgan fingerprint density at radius 2 is 1.81 bits per heavy atom. The minimum absolute atomic E-state index is 0.0262. The Labute approximate surface area is 190 Å². The Balaban J connectivity index is 1.20. The van der Waals surface area contributed by atoms with Gasteiger partial charge in [0.05, 0.1) is 18.8 Å². The first kappa shape index (κ1) is 22.4. The van der Waals surface area contributed by atoms with Crippen LogP contribution in [0.3, 0.4) is 0 Å². The number of hydrogen-bond donors (Lipinski definition) is 3. The zero-order valence-electron chi connectivity index (χ0n) is 18.8. The van der Waals surface area contributed by atoms with E-state index in [9.17, 15) is 9.59 Å². The number of benzene rings is 1. The monoisotopic (exact) mass is 437 g/mol. The molecule has 0 radical (unpaired) electrons. The van der Waals surface area contributed by atoms with Crippen molar-refractivity contribution in [2.24, 2.45) is 0 Å². The average molecular weight is 438 g/mol. The van der Waals surface area contributed by atoms with Crippen LogP contribution in [0.15, 0.2) is 36.5 Å². The molecule has 1 fully saturated rings. The molecule has 0 spiro atoms. The molecule has 1 saturated carbocycles. The van der Waals surface area contributed by atoms with E-state index in [4.69, 9.17) is 0 Å². The second-order valence-electron chi connectivity index (χ2n) is 9.04. The van der Waals surface area contributed by atoms with Gasteiger partial charge >= 0.3 is 6.03 Å². The summed E-state index contributed by atoms with van der Waals surface area (Å²) in [5, 5.41) is 13.7. The minimum atomic E-state index is -0.111. The van der Waals surface area contributed by atoms with Gasteiger partial charge in [0.25, 0.3) is 0 Å². The highest BCUT2D eigenvalue weighted by Crippen LogP contribution is 2.30. The largest absolute Gasteiger partial charge is 0.349 e. The van der Waals surface area contributed by atoms with Crippen LogP contribution in [0.5, 0.6) is 0 Å². The summed E-state index contributed by atoms with van der Waals surface area (Å²) in [6.45, 7) is 1.27. The molecule has 4 rings (SSSR count). The molecule has 2 aliphatic carbocycles. The van der Waals surface area contributed by atoms with Crippen molar-refractivity contribution in [1.82, 2.24) is 25.7 Å². The van der Waals surface area contributed by atoms with Crippen molar-refractivity contribution in [2.45, 2.75) is 82.8 Å². The number of rotatable bonds is 8. The van der Waals surface area contributed by atoms with Crippen LogP contribution in [-0.4, -0.2) is 34.3 Å². The van der Waals surface area contributed by atoms with E-state index >= 15 is 0 Å². The predicted molar refractivity (Wildman–Crippen MR) is 124 cm³/mol. The molecule has 7 nitrogen and oxygen atoms in total. The van der Waals surface area contributed by atoms with E-state index < -0.39 is 0 Å². The number of carbonyl (C=O) groups excluding carboxylic acids is 2. The normalized spacial score (nSPS) is 18.6. The minimum Gasteiger partial charge on any atom is -0.349 e. The molecular formula is C25H35N5O2. The number of fused-ring (bicyclic) bond motifs is 1. The zero-order valence-corrected chi connectivity index (χ0v) is 18.8. The summed E-state index contributed by atoms with van der Waals surface area (Å²) in [6, 6.07) is 10.5. The Hall–Kier alpha value is -2.83. The van der Waals surface area contributed by atoms with Crippen molar-refractivity contribution in [3.8, 4) is 0 Å². The molecule has 1 aromatic heterocycles. The van der Waals surface area contributed by atoms with Gasteiger partial charge in [-0.1, -0.05) is 49.6 Å². The third kappa shape index (κ3) is 6.11. The fourth-order valence-corrected chi connectivity index (χ4v) is 4.86. The molecule has 172 valence electrons. The Kier molecular flexibility index (Phi) is 7.80. The quantitative estimate of drug-likeness (QED) is 0.548. The number of aromatic nitrogens is 2. The zero-order chi connectivity index (χ0) is 22.2. The lowest BCUT2D eigenvalue weighted by molar-refractivity contribution is -0.122. The molecule has 2 aromatic rings. The van der Waals surface area contributed by atoms with Crippen LogP contribution in [0.2, 0.25) is 0 Å². The van der Waals surface area contributed by atoms with Gasteiger partial charge in [0.2, 0.25) is 5.91 Å². The number of carbonyl (C=O) groups is 2. The van der Waals surface area contributed by atoms with Crippen LogP contribution in [0, 0.1) is 0 Å². The molecule has 1 aromatic carbocycles. The van der Waals surface area contributed by atoms with E-state index in [0.717, 1.165) is 44.2 Å². The maximum Gasteiger partial charge on any atom is 0.315 e. The van der Waals surface area contributed by atoms with Gasteiger partial charge in [-0.15, -0.1) is 0 Å². The van der Waals surface area contributed by atoms with E-state index in [0.29, 0.717) is 25.4 Å². The Bertz CT molecular complexity index is 889. The first-order valence-corrected chi connectivity index (χ1v) is 12.1. The van der Waals surface area contributed by atoms with Gasteiger partial charge in [0.1, 0.15) is 0 Å². The van der Waals surface area contributed by atoms with Crippen LogP contribution >= 0.6 is 0 Å². The van der Waals surface area contributed by atoms with Crippen LogP contribution < -0.4 is 16.0 Å². The third-order valence-electron chi connectivity index (χ3n) is 6.58. The van der Waals surface area contributed by atoms with Crippen LogP contribution in [0.1, 0.15) is 80.7 Å². The van der Waals surface area contributed by atoms with Gasteiger partial charge in [0, 0.05) is 30.3 Å². The number of urea groups is 1. The summed E-state index contributed by atoms with van der Waals surface area (Å²) in [7, 11) is 0. The van der Waals surface area contributed by atoms with Crippen molar-refractivity contribution in [1.29, 1.82) is 0 Å². The highest BCUT2D eigenvalue weighted by Gasteiger charge is 2.25. The summed E-state index contributed by atoms with van der Waals surface area (Å²) in [5.41, 5.74) is 3.60. The molecule has 0 aliphatic heterocycles. The van der Waals surface area contributed by atoms with Crippen molar-refractivity contribution in [3.63, 3.8) is 0 Å². The Morgan fingerprint density at radius 1 is 1.00 bits per heavy atom. The summed E-state index contributed by atoms with van der Waals surface area (Å²) >= 11 is 0. The lowest BCUT2D eigenvalue weighted by atomic mass is 9.92. The second kappa shape index (κ2) is 11.2. The number of amides is 3. The molecule has 1 unspecified atom stereocenters. The van der Waals surface area contributed by atoms with Gasteiger partial charge in [-0.05, 0) is 44.1 Å². The molecular weight excluding hydrogens is 402 g/mol. The summed E-state index contributed by atoms with van der Waals surface area (Å²) in [4.78, 5) is 24.5. The molecule has 1 atom stereocenters. The first-order valence-electron chi connectivity index (χ1n) is 12.1. The average Bonchev–Trinajstić information content (AvgIpc) is 3.22. The highest BCUT2D eigenvalue weighted by atomic mass is 16.2. The standard InChI is InChI=1S/C25H35N5O2/c31-24(15-8-16-26-25(32)28-20-11-5-2-6-12-20)29-22-13-7-14-23-21(22)17-27-30(23)18-19-9-3-1-4-10-19/h1,3-4,9-10,17,20,22H,2,5-8,11-16,18H2,(H,29,31)(H2,26,28,32). The van der Waals surface area contributed by atoms with Crippen molar-refractivity contribution < 1.29 is 9.59 Å². The van der Waals surface area contributed by atoms with Gasteiger partial charge in [-0.3, -0.25) is 9.48 Å². The molecule has 32 heavy (non-hydrogen) atoms. The van der Waals surface area contributed by atoms with Gasteiger partial charge in [-0.2, -0.15) is 5.10 Å². The van der Waals surface area contributed by atoms with E-state index in [2.05, 4.69) is 37.9 Å². The third-order valence-corrected chi connectivity index (χ3v) is 6.58. The van der Waals surface area contributed by atoms with Crippen molar-refractivity contribution >= 4 is 11.9 Å². The molecule has 1 heterocycles. The topological polar surface area (TPSA) is 88.1 Å². The SMILES string of the molecule is O=C(CCCNC(=O)NC1CCCCC1)NC1CCCc2c1cnn2Cc1ccccc1.